The summed E-state index contributed by atoms with van der Waals surface area (Å²) in [6, 6.07) is 12.4. The van der Waals surface area contributed by atoms with Gasteiger partial charge < -0.3 is 15.2 Å². The molecule has 2 N–H and O–H groups in total. The summed E-state index contributed by atoms with van der Waals surface area (Å²) in [4.78, 5) is 11.5. The number of carboxylic acid groups (broad SMARTS) is 1. The fourth-order valence-electron chi connectivity index (χ4n) is 4.39. The summed E-state index contributed by atoms with van der Waals surface area (Å²) in [5.41, 5.74) is 3.89. The molecule has 1 saturated heterocycles. The summed E-state index contributed by atoms with van der Waals surface area (Å²) in [6.45, 7) is 2.22. The van der Waals surface area contributed by atoms with Gasteiger partial charge in [0.25, 0.3) is 0 Å². The van der Waals surface area contributed by atoms with Gasteiger partial charge in [0.15, 0.2) is 0 Å². The van der Waals surface area contributed by atoms with E-state index < -0.39 is 5.97 Å². The molecule has 3 aromatic rings. The third-order valence-corrected chi connectivity index (χ3v) is 6.50. The smallest absolute Gasteiger partial charge is 0.307 e. The maximum absolute atomic E-state index is 11.5. The molecule has 1 unspecified atom stereocenters. The zero-order valence-electron chi connectivity index (χ0n) is 16.6. The van der Waals surface area contributed by atoms with E-state index >= 15 is 0 Å². The number of aliphatic carboxylic acids is 1. The van der Waals surface area contributed by atoms with Crippen molar-refractivity contribution in [1.29, 1.82) is 0 Å². The van der Waals surface area contributed by atoms with Gasteiger partial charge in [0, 0.05) is 22.0 Å². The van der Waals surface area contributed by atoms with Crippen molar-refractivity contribution in [1.82, 2.24) is 15.1 Å². The summed E-state index contributed by atoms with van der Waals surface area (Å²) >= 11 is 3.57. The van der Waals surface area contributed by atoms with Crippen molar-refractivity contribution in [3.8, 4) is 5.75 Å². The Labute approximate surface area is 183 Å². The lowest BCUT2D eigenvalue weighted by Gasteiger charge is -2.14. The lowest BCUT2D eigenvalue weighted by Crippen LogP contribution is -2.14. The Morgan fingerprint density at radius 3 is 2.87 bits per heavy atom. The van der Waals surface area contributed by atoms with Crippen molar-refractivity contribution in [3.63, 3.8) is 0 Å². The van der Waals surface area contributed by atoms with Gasteiger partial charge in [0.05, 0.1) is 18.0 Å². The number of carbonyl (C=O) groups is 1. The molecule has 1 atom stereocenters. The number of ether oxygens (including phenoxy) is 1. The molecule has 2 fully saturated rings. The van der Waals surface area contributed by atoms with Crippen LogP contribution < -0.4 is 10.1 Å². The Kier molecular flexibility index (Phi) is 5.25. The van der Waals surface area contributed by atoms with Crippen LogP contribution in [0.25, 0.3) is 10.9 Å². The normalized spacial score (nSPS) is 18.8. The van der Waals surface area contributed by atoms with Gasteiger partial charge in [0.2, 0.25) is 0 Å². The molecule has 2 heterocycles. The number of halogens is 1. The summed E-state index contributed by atoms with van der Waals surface area (Å²) in [7, 11) is 0. The second kappa shape index (κ2) is 8.04. The van der Waals surface area contributed by atoms with Gasteiger partial charge in [-0.15, -0.1) is 0 Å². The minimum absolute atomic E-state index is 0.0174. The van der Waals surface area contributed by atoms with Gasteiger partial charge in [-0.05, 0) is 61.6 Å². The summed E-state index contributed by atoms with van der Waals surface area (Å²) in [5, 5.41) is 18.8. The van der Waals surface area contributed by atoms with Crippen molar-refractivity contribution < 1.29 is 14.6 Å². The maximum atomic E-state index is 11.5. The number of aromatic nitrogens is 2. The zero-order chi connectivity index (χ0) is 20.7. The molecule has 2 aromatic carbocycles. The molecule has 5 rings (SSSR count). The number of benzene rings is 2. The maximum Gasteiger partial charge on any atom is 0.307 e. The highest BCUT2D eigenvalue weighted by atomic mass is 79.9. The first-order chi connectivity index (χ1) is 14.6. The average Bonchev–Trinajstić information content (AvgIpc) is 3.30. The van der Waals surface area contributed by atoms with E-state index in [0.29, 0.717) is 24.3 Å². The van der Waals surface area contributed by atoms with E-state index in [1.54, 1.807) is 0 Å². The number of hydrogen-bond donors (Lipinski definition) is 2. The van der Waals surface area contributed by atoms with E-state index in [2.05, 4.69) is 38.1 Å². The molecule has 0 radical (unpaired) electrons. The van der Waals surface area contributed by atoms with Crippen molar-refractivity contribution in [2.75, 3.05) is 13.1 Å². The second-order valence-electron chi connectivity index (χ2n) is 8.16. The molecular weight excluding hydrogens is 446 g/mol. The average molecular weight is 470 g/mol. The monoisotopic (exact) mass is 469 g/mol. The molecule has 30 heavy (non-hydrogen) atoms. The first-order valence-corrected chi connectivity index (χ1v) is 11.2. The molecule has 1 aliphatic heterocycles. The van der Waals surface area contributed by atoms with Crippen LogP contribution in [0, 0.1) is 0 Å². The fourth-order valence-corrected chi connectivity index (χ4v) is 4.75. The van der Waals surface area contributed by atoms with Crippen LogP contribution in [0.4, 0.5) is 0 Å². The molecule has 2 aliphatic rings. The predicted octanol–water partition coefficient (Wildman–Crippen LogP) is 4.42. The van der Waals surface area contributed by atoms with E-state index in [4.69, 9.17) is 9.84 Å². The van der Waals surface area contributed by atoms with Crippen LogP contribution in [-0.2, 0) is 17.8 Å². The third-order valence-electron chi connectivity index (χ3n) is 6.00. The molecule has 0 amide bonds. The molecule has 1 saturated carbocycles. The SMILES string of the molecule is O=C(O)Cc1c(OCc2nn(C3CCNC3)c3ccc(Br)cc23)cccc1C1CC1. The molecule has 0 spiro atoms. The molecular formula is C23H24BrN3O3. The molecule has 0 bridgehead atoms. The summed E-state index contributed by atoms with van der Waals surface area (Å²) < 4.78 is 9.31. The van der Waals surface area contributed by atoms with E-state index in [1.165, 1.54) is 0 Å². The quantitative estimate of drug-likeness (QED) is 0.535. The van der Waals surface area contributed by atoms with Crippen molar-refractivity contribution in [2.45, 2.75) is 44.2 Å². The molecule has 1 aromatic heterocycles. The largest absolute Gasteiger partial charge is 0.487 e. The number of fused-ring (bicyclic) bond motifs is 1. The van der Waals surface area contributed by atoms with Crippen LogP contribution >= 0.6 is 15.9 Å². The standard InChI is InChI=1S/C23H24BrN3O3/c24-15-6-7-21-19(10-15)20(26-27(21)16-8-9-25-12-16)13-30-22-3-1-2-17(14-4-5-14)18(22)11-23(28)29/h1-3,6-7,10,14,16,25H,4-5,8-9,11-13H2,(H,28,29). The van der Waals surface area contributed by atoms with Crippen LogP contribution in [0.1, 0.15) is 48.0 Å². The van der Waals surface area contributed by atoms with Crippen LogP contribution in [0.5, 0.6) is 5.75 Å². The number of rotatable bonds is 7. The van der Waals surface area contributed by atoms with E-state index in [-0.39, 0.29) is 6.42 Å². The topological polar surface area (TPSA) is 76.4 Å². The summed E-state index contributed by atoms with van der Waals surface area (Å²) in [6.07, 6.45) is 3.28. The fraction of sp³-hybridized carbons (Fsp3) is 0.391. The van der Waals surface area contributed by atoms with Crippen LogP contribution in [0.2, 0.25) is 0 Å². The van der Waals surface area contributed by atoms with Crippen molar-refractivity contribution in [2.24, 2.45) is 0 Å². The second-order valence-corrected chi connectivity index (χ2v) is 9.07. The lowest BCUT2D eigenvalue weighted by molar-refractivity contribution is -0.136. The Bertz CT molecular complexity index is 1100. The number of hydrogen-bond acceptors (Lipinski definition) is 4. The summed E-state index contributed by atoms with van der Waals surface area (Å²) in [5.74, 6) is 0.288. The van der Waals surface area contributed by atoms with Crippen LogP contribution in [0.3, 0.4) is 0 Å². The van der Waals surface area contributed by atoms with Gasteiger partial charge in [-0.25, -0.2) is 0 Å². The van der Waals surface area contributed by atoms with Crippen LogP contribution in [-0.4, -0.2) is 33.9 Å². The minimum atomic E-state index is -0.833. The van der Waals surface area contributed by atoms with Gasteiger partial charge in [-0.2, -0.15) is 5.10 Å². The van der Waals surface area contributed by atoms with Gasteiger partial charge in [0.1, 0.15) is 18.1 Å². The highest BCUT2D eigenvalue weighted by Crippen LogP contribution is 2.44. The number of carboxylic acids is 1. The number of nitrogens with one attached hydrogen (secondary N) is 1. The van der Waals surface area contributed by atoms with Gasteiger partial charge >= 0.3 is 5.97 Å². The Balaban J connectivity index is 1.47. The minimum Gasteiger partial charge on any atom is -0.487 e. The first kappa shape index (κ1) is 19.6. The molecule has 7 heteroatoms. The lowest BCUT2D eigenvalue weighted by atomic mass is 9.99. The van der Waals surface area contributed by atoms with Crippen molar-refractivity contribution in [3.05, 3.63) is 57.7 Å². The van der Waals surface area contributed by atoms with Crippen LogP contribution in [0.15, 0.2) is 40.9 Å². The van der Waals surface area contributed by atoms with E-state index in [1.807, 2.05) is 24.3 Å². The van der Waals surface area contributed by atoms with E-state index in [9.17, 15) is 9.90 Å². The Morgan fingerprint density at radius 2 is 2.13 bits per heavy atom. The Morgan fingerprint density at radius 1 is 1.27 bits per heavy atom. The highest BCUT2D eigenvalue weighted by Gasteiger charge is 2.28. The van der Waals surface area contributed by atoms with Gasteiger partial charge in [-0.1, -0.05) is 28.1 Å². The molecule has 1 aliphatic carbocycles. The molecule has 6 nitrogen and oxygen atoms in total. The predicted molar refractivity (Wildman–Crippen MR) is 118 cm³/mol. The molecule has 156 valence electrons. The highest BCUT2D eigenvalue weighted by molar-refractivity contribution is 9.10. The zero-order valence-corrected chi connectivity index (χ0v) is 18.2. The number of nitrogens with zero attached hydrogens (tertiary/aromatic N) is 2. The Hall–Kier alpha value is -2.38. The third kappa shape index (κ3) is 3.84. The van der Waals surface area contributed by atoms with E-state index in [0.717, 1.165) is 64.5 Å². The van der Waals surface area contributed by atoms with Crippen molar-refractivity contribution >= 4 is 32.8 Å². The first-order valence-electron chi connectivity index (χ1n) is 10.4. The van der Waals surface area contributed by atoms with Gasteiger partial charge in [-0.3, -0.25) is 9.48 Å².